The molecule has 0 amide bonds. The van der Waals surface area contributed by atoms with Gasteiger partial charge in [-0.15, -0.1) is 0 Å². The van der Waals surface area contributed by atoms with Gasteiger partial charge < -0.3 is 0 Å². The maximum Gasteiger partial charge on any atom is 0.155 e. The standard InChI is InChI=1S/C13H11NS/c1-2-4-11(5-3-1)6-14-7-12-9-15-10-13(12)8-14/h1-5,7-10H,6H2. The highest BCUT2D eigenvalue weighted by Gasteiger charge is 2.01. The molecule has 2 heterocycles. The Labute approximate surface area is 92.6 Å². The topological polar surface area (TPSA) is 3.88 Å². The van der Waals surface area contributed by atoms with Crippen LogP contribution in [-0.4, -0.2) is 0 Å². The van der Waals surface area contributed by atoms with Crippen molar-refractivity contribution in [1.82, 2.24) is 0 Å². The van der Waals surface area contributed by atoms with Crippen molar-refractivity contribution in [3.8, 4) is 0 Å². The van der Waals surface area contributed by atoms with Crippen LogP contribution in [0.15, 0.2) is 53.5 Å². The third kappa shape index (κ3) is 1.68. The summed E-state index contributed by atoms with van der Waals surface area (Å²) in [6, 6.07) is 10.5. The van der Waals surface area contributed by atoms with Crippen molar-refractivity contribution in [3.63, 3.8) is 0 Å². The summed E-state index contributed by atoms with van der Waals surface area (Å²) in [6.07, 6.45) is 4.41. The lowest BCUT2D eigenvalue weighted by molar-refractivity contribution is -0.683. The lowest BCUT2D eigenvalue weighted by atomic mass is 10.2. The molecule has 3 aromatic rings. The summed E-state index contributed by atoms with van der Waals surface area (Å²) in [4.78, 5) is 0. The minimum Gasteiger partial charge on any atom is -0.288 e. The Balaban J connectivity index is 1.93. The van der Waals surface area contributed by atoms with E-state index in [1.54, 1.807) is 11.3 Å². The van der Waals surface area contributed by atoms with Crippen LogP contribution in [0.25, 0.3) is 10.8 Å². The fourth-order valence-corrected chi connectivity index (χ4v) is 2.56. The van der Waals surface area contributed by atoms with Crippen LogP contribution in [0, 0.1) is 0 Å². The van der Waals surface area contributed by atoms with E-state index >= 15 is 0 Å². The molecule has 2 aromatic heterocycles. The van der Waals surface area contributed by atoms with E-state index in [9.17, 15) is 0 Å². The number of thiophene rings is 1. The summed E-state index contributed by atoms with van der Waals surface area (Å²) in [5, 5.41) is 7.07. The zero-order chi connectivity index (χ0) is 10.1. The number of hydrogen-bond donors (Lipinski definition) is 0. The van der Waals surface area contributed by atoms with Crippen molar-refractivity contribution in [1.29, 1.82) is 0 Å². The van der Waals surface area contributed by atoms with E-state index in [0.717, 1.165) is 6.54 Å². The molecule has 0 fully saturated rings. The zero-order valence-electron chi connectivity index (χ0n) is 8.26. The van der Waals surface area contributed by atoms with Gasteiger partial charge in [0.05, 0.1) is 12.4 Å². The molecular formula is C13H11NS. The van der Waals surface area contributed by atoms with Gasteiger partial charge in [-0.05, 0) is 0 Å². The van der Waals surface area contributed by atoms with E-state index in [1.807, 2.05) is 0 Å². The van der Waals surface area contributed by atoms with Crippen molar-refractivity contribution in [2.75, 3.05) is 0 Å². The second-order valence-electron chi connectivity index (χ2n) is 3.70. The molecule has 0 radical (unpaired) electrons. The molecule has 0 atom stereocenters. The minimum atomic E-state index is 0.959. The van der Waals surface area contributed by atoms with Crippen molar-refractivity contribution in [3.05, 3.63) is 59.0 Å². The monoisotopic (exact) mass is 213 g/mol. The molecule has 0 aliphatic heterocycles. The van der Waals surface area contributed by atoms with Gasteiger partial charge in [0.25, 0.3) is 0 Å². The van der Waals surface area contributed by atoms with Crippen LogP contribution in [0.5, 0.6) is 0 Å². The van der Waals surface area contributed by atoms with Crippen LogP contribution < -0.4 is 4.57 Å². The van der Waals surface area contributed by atoms with Crippen LogP contribution in [0.4, 0.5) is 0 Å². The molecular weight excluding hydrogens is 202 g/mol. The second-order valence-corrected chi connectivity index (χ2v) is 4.44. The maximum atomic E-state index is 2.24. The lowest BCUT2D eigenvalue weighted by Crippen LogP contribution is -2.30. The Bertz CT molecular complexity index is 534. The molecule has 0 aliphatic rings. The molecule has 0 N–H and O–H groups in total. The molecule has 3 rings (SSSR count). The Morgan fingerprint density at radius 3 is 2.80 bits per heavy atom. The summed E-state index contributed by atoms with van der Waals surface area (Å²) >= 11 is 1.76. The Kier molecular flexibility index (Phi) is 2.07. The average Bonchev–Trinajstić information content (AvgIpc) is 2.79. The van der Waals surface area contributed by atoms with Crippen LogP contribution >= 0.6 is 11.3 Å². The van der Waals surface area contributed by atoms with E-state index in [0.29, 0.717) is 0 Å². The van der Waals surface area contributed by atoms with Gasteiger partial charge >= 0.3 is 0 Å². The highest BCUT2D eigenvalue weighted by Crippen LogP contribution is 2.16. The highest BCUT2D eigenvalue weighted by atomic mass is 32.1. The van der Waals surface area contributed by atoms with Crippen molar-refractivity contribution < 1.29 is 4.57 Å². The van der Waals surface area contributed by atoms with Crippen molar-refractivity contribution in [2.45, 2.75) is 6.54 Å². The third-order valence-electron chi connectivity index (χ3n) is 2.54. The molecule has 0 aliphatic carbocycles. The van der Waals surface area contributed by atoms with Crippen molar-refractivity contribution in [2.24, 2.45) is 0 Å². The third-order valence-corrected chi connectivity index (χ3v) is 3.32. The number of hydrogen-bond acceptors (Lipinski definition) is 1. The largest absolute Gasteiger partial charge is 0.288 e. The van der Waals surface area contributed by atoms with Crippen LogP contribution in [0.1, 0.15) is 5.56 Å². The van der Waals surface area contributed by atoms with Gasteiger partial charge in [-0.3, -0.25) is 4.57 Å². The molecule has 0 saturated carbocycles. The summed E-state index contributed by atoms with van der Waals surface area (Å²) < 4.78 is 2.24. The van der Waals surface area contributed by atoms with Crippen LogP contribution in [-0.2, 0) is 6.54 Å². The molecule has 1 nitrogen and oxygen atoms in total. The molecule has 0 spiro atoms. The van der Waals surface area contributed by atoms with E-state index < -0.39 is 0 Å². The molecule has 0 bridgehead atoms. The van der Waals surface area contributed by atoms with E-state index in [4.69, 9.17) is 0 Å². The first kappa shape index (κ1) is 8.74. The molecule has 1 aromatic carbocycles. The average molecular weight is 213 g/mol. The van der Waals surface area contributed by atoms with Gasteiger partial charge in [0.15, 0.2) is 6.54 Å². The summed E-state index contributed by atoms with van der Waals surface area (Å²) in [7, 11) is 0. The molecule has 0 saturated heterocycles. The normalized spacial score (nSPS) is 10.9. The summed E-state index contributed by atoms with van der Waals surface area (Å²) in [6.45, 7) is 0.959. The fraction of sp³-hybridized carbons (Fsp3) is 0.0769. The smallest absolute Gasteiger partial charge is 0.155 e. The van der Waals surface area contributed by atoms with Crippen LogP contribution in [0.2, 0.25) is 0 Å². The van der Waals surface area contributed by atoms with E-state index in [2.05, 4.69) is 58.1 Å². The second kappa shape index (κ2) is 3.55. The number of benzene rings is 1. The number of rotatable bonds is 2. The Hall–Kier alpha value is -1.54. The molecule has 15 heavy (non-hydrogen) atoms. The molecule has 2 heteroatoms. The van der Waals surface area contributed by atoms with Crippen LogP contribution in [0.3, 0.4) is 0 Å². The van der Waals surface area contributed by atoms with Gasteiger partial charge in [0.2, 0.25) is 0 Å². The van der Waals surface area contributed by atoms with E-state index in [-0.39, 0.29) is 0 Å². The number of fused-ring (bicyclic) bond motifs is 1. The first-order chi connectivity index (χ1) is 7.42. The first-order valence-electron chi connectivity index (χ1n) is 4.97. The van der Waals surface area contributed by atoms with Gasteiger partial charge in [-0.2, -0.15) is 0 Å². The lowest BCUT2D eigenvalue weighted by Gasteiger charge is -1.96. The molecule has 0 unspecified atom stereocenters. The van der Waals surface area contributed by atoms with Gasteiger partial charge in [-0.25, -0.2) is 11.3 Å². The first-order valence-corrected chi connectivity index (χ1v) is 5.92. The van der Waals surface area contributed by atoms with Crippen molar-refractivity contribution >= 4 is 22.1 Å². The summed E-state index contributed by atoms with van der Waals surface area (Å²) in [5.41, 5.74) is 1.35. The highest BCUT2D eigenvalue weighted by molar-refractivity contribution is 7.09. The Morgan fingerprint density at radius 2 is 2.00 bits per heavy atom. The van der Waals surface area contributed by atoms with E-state index in [1.165, 1.54) is 16.3 Å². The minimum absolute atomic E-state index is 0.959. The zero-order valence-corrected chi connectivity index (χ0v) is 9.08. The predicted molar refractivity (Wildman–Crippen MR) is 63.2 cm³/mol. The SMILES string of the molecule is c1ccc(C[n+]2cc3cscc3[cH-]2)cc1. The van der Waals surface area contributed by atoms with Gasteiger partial charge in [0, 0.05) is 5.56 Å². The number of aromatic nitrogens is 1. The Morgan fingerprint density at radius 1 is 1.13 bits per heavy atom. The number of nitrogens with zero attached hydrogens (tertiary/aromatic N) is 1. The van der Waals surface area contributed by atoms with Gasteiger partial charge in [-0.1, -0.05) is 51.9 Å². The summed E-state index contributed by atoms with van der Waals surface area (Å²) in [5.74, 6) is 0. The predicted octanol–water partition coefficient (Wildman–Crippen LogP) is 2.96. The van der Waals surface area contributed by atoms with Gasteiger partial charge in [0.1, 0.15) is 0 Å². The fourth-order valence-electron chi connectivity index (χ4n) is 1.81. The maximum absolute atomic E-state index is 2.24. The quantitative estimate of drug-likeness (QED) is 0.455. The molecule has 74 valence electrons.